The zero-order valence-electron chi connectivity index (χ0n) is 10.9. The van der Waals surface area contributed by atoms with Gasteiger partial charge in [-0.15, -0.1) is 11.3 Å². The Morgan fingerprint density at radius 1 is 1.28 bits per heavy atom. The Bertz CT molecular complexity index is 602. The lowest BCUT2D eigenvalue weighted by Gasteiger charge is -2.14. The molecule has 0 unspecified atom stereocenters. The number of benzene rings is 1. The van der Waals surface area contributed by atoms with Crippen LogP contribution in [0.4, 0.5) is 0 Å². The van der Waals surface area contributed by atoms with Crippen LogP contribution in [0.25, 0.3) is 11.3 Å². The summed E-state index contributed by atoms with van der Waals surface area (Å²) in [6.45, 7) is 6.12. The van der Waals surface area contributed by atoms with Gasteiger partial charge in [0.15, 0.2) is 11.3 Å². The van der Waals surface area contributed by atoms with E-state index in [4.69, 9.17) is 4.74 Å². The monoisotopic (exact) mass is 261 g/mol. The molecule has 0 aliphatic carbocycles. The van der Waals surface area contributed by atoms with E-state index in [2.05, 4.69) is 11.9 Å². The first-order chi connectivity index (χ1) is 8.58. The van der Waals surface area contributed by atoms with Crippen LogP contribution >= 0.6 is 11.3 Å². The van der Waals surface area contributed by atoms with Gasteiger partial charge in [0.25, 0.3) is 0 Å². The van der Waals surface area contributed by atoms with E-state index >= 15 is 0 Å². The first kappa shape index (κ1) is 12.8. The number of ether oxygens (including phenoxy) is 1. The molecular weight excluding hydrogens is 246 g/mol. The van der Waals surface area contributed by atoms with Gasteiger partial charge >= 0.3 is 0 Å². The number of carbonyl (C=O) groups excluding carboxylic acids is 1. The summed E-state index contributed by atoms with van der Waals surface area (Å²) in [6, 6.07) is 2.01. The molecular formula is C14H15NO2S. The molecule has 1 aromatic carbocycles. The molecule has 2 aromatic rings. The van der Waals surface area contributed by atoms with Crippen molar-refractivity contribution in [3.8, 4) is 17.0 Å². The van der Waals surface area contributed by atoms with Crippen LogP contribution in [0, 0.1) is 20.8 Å². The Morgan fingerprint density at radius 2 is 2.00 bits per heavy atom. The van der Waals surface area contributed by atoms with Gasteiger partial charge in [0.2, 0.25) is 0 Å². The third-order valence-electron chi connectivity index (χ3n) is 3.15. The van der Waals surface area contributed by atoms with Crippen molar-refractivity contribution in [2.75, 3.05) is 7.11 Å². The minimum absolute atomic E-state index is 0.511. The number of carbonyl (C=O) groups is 1. The molecule has 94 valence electrons. The molecule has 18 heavy (non-hydrogen) atoms. The summed E-state index contributed by atoms with van der Waals surface area (Å²) in [5.74, 6) is 0.889. The van der Waals surface area contributed by atoms with Crippen molar-refractivity contribution in [3.05, 3.63) is 33.1 Å². The lowest BCUT2D eigenvalue weighted by Crippen LogP contribution is -1.96. The maximum atomic E-state index is 10.7. The average molecular weight is 261 g/mol. The molecule has 0 aliphatic rings. The van der Waals surface area contributed by atoms with Gasteiger partial charge in [-0.1, -0.05) is 0 Å². The molecule has 4 heteroatoms. The highest BCUT2D eigenvalue weighted by Gasteiger charge is 2.14. The van der Waals surface area contributed by atoms with Crippen molar-refractivity contribution in [1.82, 2.24) is 4.98 Å². The lowest BCUT2D eigenvalue weighted by atomic mass is 9.95. The van der Waals surface area contributed by atoms with Crippen molar-refractivity contribution in [2.24, 2.45) is 0 Å². The summed E-state index contributed by atoms with van der Waals surface area (Å²) in [7, 11) is 1.67. The van der Waals surface area contributed by atoms with E-state index < -0.39 is 0 Å². The highest BCUT2D eigenvalue weighted by molar-refractivity contribution is 7.11. The third kappa shape index (κ3) is 2.04. The molecule has 0 spiro atoms. The number of nitrogens with zero attached hydrogens (tertiary/aromatic N) is 1. The maximum absolute atomic E-state index is 10.7. The molecule has 0 radical (unpaired) electrons. The van der Waals surface area contributed by atoms with E-state index in [1.807, 2.05) is 25.3 Å². The third-order valence-corrected chi connectivity index (χ3v) is 3.92. The van der Waals surface area contributed by atoms with E-state index in [0.717, 1.165) is 40.0 Å². The zero-order chi connectivity index (χ0) is 13.3. The molecule has 0 bridgehead atoms. The average Bonchev–Trinajstić information content (AvgIpc) is 2.82. The smallest absolute Gasteiger partial charge is 0.178 e. The maximum Gasteiger partial charge on any atom is 0.178 e. The molecule has 0 aliphatic heterocycles. The number of aryl methyl sites for hydroxylation is 1. The van der Waals surface area contributed by atoms with Crippen LogP contribution in [0.3, 0.4) is 0 Å². The number of hydrogen-bond acceptors (Lipinski definition) is 4. The predicted molar refractivity (Wildman–Crippen MR) is 73.7 cm³/mol. The molecule has 0 atom stereocenters. The Kier molecular flexibility index (Phi) is 3.48. The van der Waals surface area contributed by atoms with E-state index in [1.54, 1.807) is 7.11 Å². The number of aldehydes is 1. The minimum atomic E-state index is 0.511. The van der Waals surface area contributed by atoms with E-state index in [-0.39, 0.29) is 0 Å². The number of aromatic nitrogens is 1. The number of methoxy groups -OCH3 is 1. The van der Waals surface area contributed by atoms with Gasteiger partial charge in [0.05, 0.1) is 12.8 Å². The molecule has 0 amide bonds. The largest absolute Gasteiger partial charge is 0.496 e. The van der Waals surface area contributed by atoms with Gasteiger partial charge in [0, 0.05) is 10.9 Å². The second-order valence-electron chi connectivity index (χ2n) is 4.21. The van der Waals surface area contributed by atoms with Gasteiger partial charge in [0.1, 0.15) is 5.75 Å². The summed E-state index contributed by atoms with van der Waals surface area (Å²) in [5.41, 5.74) is 5.33. The van der Waals surface area contributed by atoms with Crippen LogP contribution in [0.2, 0.25) is 0 Å². The topological polar surface area (TPSA) is 39.2 Å². The fourth-order valence-corrected chi connectivity index (χ4v) is 2.72. The van der Waals surface area contributed by atoms with Crippen molar-refractivity contribution in [3.63, 3.8) is 0 Å². The van der Waals surface area contributed by atoms with E-state index in [1.165, 1.54) is 11.3 Å². The molecule has 2 rings (SSSR count). The van der Waals surface area contributed by atoms with Crippen molar-refractivity contribution >= 4 is 17.6 Å². The van der Waals surface area contributed by atoms with Crippen molar-refractivity contribution in [2.45, 2.75) is 20.8 Å². The van der Waals surface area contributed by atoms with Crippen LogP contribution in [0.5, 0.6) is 5.75 Å². The highest BCUT2D eigenvalue weighted by atomic mass is 32.1. The zero-order valence-corrected chi connectivity index (χ0v) is 11.7. The first-order valence-corrected chi connectivity index (χ1v) is 6.52. The van der Waals surface area contributed by atoms with Crippen molar-refractivity contribution in [1.29, 1.82) is 0 Å². The van der Waals surface area contributed by atoms with E-state index in [9.17, 15) is 4.79 Å². The quantitative estimate of drug-likeness (QED) is 0.793. The molecule has 1 heterocycles. The summed E-state index contributed by atoms with van der Waals surface area (Å²) < 4.78 is 5.35. The van der Waals surface area contributed by atoms with Gasteiger partial charge in [-0.3, -0.25) is 4.79 Å². The van der Waals surface area contributed by atoms with Crippen LogP contribution in [0.1, 0.15) is 26.5 Å². The minimum Gasteiger partial charge on any atom is -0.496 e. The Hall–Kier alpha value is -1.68. The summed E-state index contributed by atoms with van der Waals surface area (Å²) in [4.78, 5) is 15.0. The molecule has 3 nitrogen and oxygen atoms in total. The normalized spacial score (nSPS) is 10.4. The van der Waals surface area contributed by atoms with Crippen LogP contribution in [-0.2, 0) is 0 Å². The molecule has 0 saturated carbocycles. The molecule has 1 aromatic heterocycles. The molecule has 0 fully saturated rings. The summed E-state index contributed by atoms with van der Waals surface area (Å²) >= 11 is 1.37. The fraction of sp³-hybridized carbons (Fsp3) is 0.286. The molecule has 0 N–H and O–H groups in total. The standard InChI is InChI=1S/C14H15NO2S/c1-8-5-12(17-4)9(2)10(3)14(8)11-7-18-13(6-16)15-11/h5-7H,1-4H3. The van der Waals surface area contributed by atoms with E-state index in [0.29, 0.717) is 5.01 Å². The Morgan fingerprint density at radius 3 is 2.56 bits per heavy atom. The Labute approximate surface area is 110 Å². The second-order valence-corrected chi connectivity index (χ2v) is 5.10. The van der Waals surface area contributed by atoms with Crippen LogP contribution in [-0.4, -0.2) is 18.4 Å². The Balaban J connectivity index is 2.64. The second kappa shape index (κ2) is 4.90. The highest BCUT2D eigenvalue weighted by Crippen LogP contribution is 2.34. The lowest BCUT2D eigenvalue weighted by molar-refractivity contribution is 0.112. The molecule has 0 saturated heterocycles. The number of hydrogen-bond donors (Lipinski definition) is 0. The number of rotatable bonds is 3. The van der Waals surface area contributed by atoms with Gasteiger partial charge in [-0.05, 0) is 43.5 Å². The SMILES string of the molecule is COc1cc(C)c(-c2csc(C=O)n2)c(C)c1C. The first-order valence-electron chi connectivity index (χ1n) is 5.64. The fourth-order valence-electron chi connectivity index (χ4n) is 2.11. The summed E-state index contributed by atoms with van der Waals surface area (Å²) in [5, 5.41) is 2.43. The van der Waals surface area contributed by atoms with Gasteiger partial charge in [-0.2, -0.15) is 0 Å². The van der Waals surface area contributed by atoms with Crippen LogP contribution < -0.4 is 4.74 Å². The predicted octanol–water partition coefficient (Wildman–Crippen LogP) is 3.56. The van der Waals surface area contributed by atoms with Gasteiger partial charge < -0.3 is 4.74 Å². The number of thiazole rings is 1. The van der Waals surface area contributed by atoms with Gasteiger partial charge in [-0.25, -0.2) is 4.98 Å². The van der Waals surface area contributed by atoms with Crippen LogP contribution in [0.15, 0.2) is 11.4 Å². The van der Waals surface area contributed by atoms with Crippen molar-refractivity contribution < 1.29 is 9.53 Å². The summed E-state index contributed by atoms with van der Waals surface area (Å²) in [6.07, 6.45) is 0.787.